The first-order chi connectivity index (χ1) is 4.68. The van der Waals surface area contributed by atoms with Crippen LogP contribution in [0.2, 0.25) is 0 Å². The number of hydrogen-bond acceptors (Lipinski definition) is 4. The lowest BCUT2D eigenvalue weighted by molar-refractivity contribution is -0.476. The summed E-state index contributed by atoms with van der Waals surface area (Å²) in [7, 11) is 1.31. The Labute approximate surface area is 60.7 Å². The highest BCUT2D eigenvalue weighted by atomic mass is 17.0. The summed E-state index contributed by atoms with van der Waals surface area (Å²) in [6.45, 7) is 4.15. The van der Waals surface area contributed by atoms with Gasteiger partial charge >= 0.3 is 6.16 Å². The molecule has 4 heteroatoms. The molecule has 0 atom stereocenters. The SMILES string of the molecule is CCOC(O)(OC)OCC. The number of rotatable bonds is 5. The minimum Gasteiger partial charge on any atom is -0.319 e. The summed E-state index contributed by atoms with van der Waals surface area (Å²) in [5.41, 5.74) is 0. The van der Waals surface area contributed by atoms with Gasteiger partial charge < -0.3 is 19.3 Å². The molecule has 4 nitrogen and oxygen atoms in total. The van der Waals surface area contributed by atoms with E-state index in [1.807, 2.05) is 0 Å². The van der Waals surface area contributed by atoms with Crippen molar-refractivity contribution in [1.82, 2.24) is 0 Å². The van der Waals surface area contributed by atoms with E-state index in [9.17, 15) is 0 Å². The molecule has 10 heavy (non-hydrogen) atoms. The van der Waals surface area contributed by atoms with Crippen LogP contribution >= 0.6 is 0 Å². The summed E-state index contributed by atoms with van der Waals surface area (Å²) in [5, 5.41) is 9.15. The third kappa shape index (κ3) is 3.12. The molecule has 0 aromatic rings. The van der Waals surface area contributed by atoms with Crippen LogP contribution in [0.15, 0.2) is 0 Å². The van der Waals surface area contributed by atoms with Crippen LogP contribution in [-0.4, -0.2) is 31.6 Å². The van der Waals surface area contributed by atoms with Crippen molar-refractivity contribution in [3.8, 4) is 0 Å². The van der Waals surface area contributed by atoms with E-state index in [1.165, 1.54) is 7.11 Å². The Bertz CT molecular complexity index is 77.8. The van der Waals surface area contributed by atoms with Crippen molar-refractivity contribution in [1.29, 1.82) is 0 Å². The zero-order valence-electron chi connectivity index (χ0n) is 6.59. The van der Waals surface area contributed by atoms with E-state index in [2.05, 4.69) is 4.74 Å². The third-order valence-electron chi connectivity index (χ3n) is 0.911. The molecular formula is C6H14O4. The van der Waals surface area contributed by atoms with Crippen LogP contribution in [0.4, 0.5) is 0 Å². The standard InChI is InChI=1S/C6H14O4/c1-4-9-6(7,8-3)10-5-2/h7H,4-5H2,1-3H3. The first-order valence-electron chi connectivity index (χ1n) is 3.24. The van der Waals surface area contributed by atoms with E-state index < -0.39 is 6.16 Å². The molecule has 0 aromatic heterocycles. The summed E-state index contributed by atoms with van der Waals surface area (Å²) < 4.78 is 14.0. The van der Waals surface area contributed by atoms with Crippen molar-refractivity contribution in [3.05, 3.63) is 0 Å². The van der Waals surface area contributed by atoms with E-state index in [0.717, 1.165) is 0 Å². The van der Waals surface area contributed by atoms with Crippen LogP contribution in [0.25, 0.3) is 0 Å². The predicted octanol–water partition coefficient (Wildman–Crippen LogP) is 0.309. The van der Waals surface area contributed by atoms with Gasteiger partial charge in [-0.15, -0.1) is 0 Å². The zero-order chi connectivity index (χ0) is 8.04. The zero-order valence-corrected chi connectivity index (χ0v) is 6.59. The van der Waals surface area contributed by atoms with E-state index in [-0.39, 0.29) is 0 Å². The highest BCUT2D eigenvalue weighted by Crippen LogP contribution is 2.08. The second-order valence-electron chi connectivity index (χ2n) is 1.59. The second-order valence-corrected chi connectivity index (χ2v) is 1.59. The van der Waals surface area contributed by atoms with Crippen molar-refractivity contribution in [3.63, 3.8) is 0 Å². The summed E-state index contributed by atoms with van der Waals surface area (Å²) in [6, 6.07) is 0. The fourth-order valence-electron chi connectivity index (χ4n) is 0.524. The molecule has 62 valence electrons. The smallest absolute Gasteiger partial charge is 0.319 e. The Kier molecular flexibility index (Phi) is 4.55. The predicted molar refractivity (Wildman–Crippen MR) is 35.2 cm³/mol. The molecule has 0 spiro atoms. The maximum atomic E-state index is 9.15. The van der Waals surface area contributed by atoms with Gasteiger partial charge in [0.2, 0.25) is 0 Å². The molecule has 0 aliphatic rings. The topological polar surface area (TPSA) is 47.9 Å². The second kappa shape index (κ2) is 4.62. The highest BCUT2D eigenvalue weighted by molar-refractivity contribution is 4.31. The summed E-state index contributed by atoms with van der Waals surface area (Å²) in [5.74, 6) is 0. The lowest BCUT2D eigenvalue weighted by Crippen LogP contribution is -2.37. The normalized spacial score (nSPS) is 12.0. The van der Waals surface area contributed by atoms with Crippen LogP contribution < -0.4 is 0 Å². The Hall–Kier alpha value is -0.160. The van der Waals surface area contributed by atoms with Gasteiger partial charge in [0.1, 0.15) is 0 Å². The molecule has 0 saturated carbocycles. The monoisotopic (exact) mass is 150 g/mol. The molecule has 0 rings (SSSR count). The quantitative estimate of drug-likeness (QED) is 0.573. The van der Waals surface area contributed by atoms with Gasteiger partial charge in [-0.1, -0.05) is 0 Å². The van der Waals surface area contributed by atoms with Gasteiger partial charge in [0.05, 0.1) is 13.2 Å². The average Bonchev–Trinajstić information content (AvgIpc) is 1.89. The van der Waals surface area contributed by atoms with Gasteiger partial charge in [0.15, 0.2) is 0 Å². The maximum absolute atomic E-state index is 9.15. The fourth-order valence-corrected chi connectivity index (χ4v) is 0.524. The largest absolute Gasteiger partial charge is 0.409 e. The van der Waals surface area contributed by atoms with Crippen molar-refractivity contribution in [2.24, 2.45) is 0 Å². The van der Waals surface area contributed by atoms with Gasteiger partial charge in [-0.3, -0.25) is 0 Å². The van der Waals surface area contributed by atoms with Gasteiger partial charge in [-0.2, -0.15) is 0 Å². The van der Waals surface area contributed by atoms with Crippen LogP contribution in [0.1, 0.15) is 13.8 Å². The first-order valence-corrected chi connectivity index (χ1v) is 3.24. The van der Waals surface area contributed by atoms with Crippen molar-refractivity contribution in [2.45, 2.75) is 20.0 Å². The van der Waals surface area contributed by atoms with Crippen LogP contribution in [-0.2, 0) is 14.2 Å². The minimum absolute atomic E-state index is 0.338. The minimum atomic E-state index is -1.86. The molecule has 0 amide bonds. The maximum Gasteiger partial charge on any atom is 0.409 e. The molecule has 0 radical (unpaired) electrons. The lowest BCUT2D eigenvalue weighted by atomic mass is 10.8. The van der Waals surface area contributed by atoms with Crippen LogP contribution in [0.5, 0.6) is 0 Å². The van der Waals surface area contributed by atoms with Gasteiger partial charge in [-0.25, -0.2) is 0 Å². The number of aliphatic hydroxyl groups is 1. The van der Waals surface area contributed by atoms with Gasteiger partial charge in [0.25, 0.3) is 0 Å². The Balaban J connectivity index is 3.69. The molecule has 0 aromatic carbocycles. The molecule has 0 bridgehead atoms. The van der Waals surface area contributed by atoms with Crippen molar-refractivity contribution < 1.29 is 19.3 Å². The molecule has 1 N–H and O–H groups in total. The third-order valence-corrected chi connectivity index (χ3v) is 0.911. The highest BCUT2D eigenvalue weighted by Gasteiger charge is 2.27. The molecule has 0 fully saturated rings. The number of hydrogen-bond donors (Lipinski definition) is 1. The van der Waals surface area contributed by atoms with Gasteiger partial charge in [0, 0.05) is 7.11 Å². The van der Waals surface area contributed by atoms with E-state index in [0.29, 0.717) is 13.2 Å². The van der Waals surface area contributed by atoms with Crippen molar-refractivity contribution >= 4 is 0 Å². The van der Waals surface area contributed by atoms with Crippen LogP contribution in [0, 0.1) is 0 Å². The number of methoxy groups -OCH3 is 1. The Morgan fingerprint density at radius 1 is 1.20 bits per heavy atom. The first kappa shape index (κ1) is 9.84. The van der Waals surface area contributed by atoms with Gasteiger partial charge in [-0.05, 0) is 13.8 Å². The molecule has 0 saturated heterocycles. The molecule has 0 heterocycles. The van der Waals surface area contributed by atoms with E-state index >= 15 is 0 Å². The Morgan fingerprint density at radius 2 is 1.60 bits per heavy atom. The van der Waals surface area contributed by atoms with E-state index in [1.54, 1.807) is 13.8 Å². The Morgan fingerprint density at radius 3 is 1.80 bits per heavy atom. The fraction of sp³-hybridized carbons (Fsp3) is 1.00. The molecule has 0 aliphatic carbocycles. The number of ether oxygens (including phenoxy) is 3. The lowest BCUT2D eigenvalue weighted by Gasteiger charge is -2.23. The molecule has 0 aliphatic heterocycles. The summed E-state index contributed by atoms with van der Waals surface area (Å²) >= 11 is 0. The van der Waals surface area contributed by atoms with E-state index in [4.69, 9.17) is 14.6 Å². The van der Waals surface area contributed by atoms with Crippen molar-refractivity contribution in [2.75, 3.05) is 20.3 Å². The average molecular weight is 150 g/mol. The summed E-state index contributed by atoms with van der Waals surface area (Å²) in [6.07, 6.45) is -1.86. The van der Waals surface area contributed by atoms with Crippen LogP contribution in [0.3, 0.4) is 0 Å². The summed E-state index contributed by atoms with van der Waals surface area (Å²) in [4.78, 5) is 0. The molecular weight excluding hydrogens is 136 g/mol. The molecule has 0 unspecified atom stereocenters.